The van der Waals surface area contributed by atoms with E-state index in [1.807, 2.05) is 6.92 Å². The Labute approximate surface area is 141 Å². The lowest BCUT2D eigenvalue weighted by molar-refractivity contribution is -0.228. The molecule has 0 rings (SSSR count). The van der Waals surface area contributed by atoms with E-state index in [4.69, 9.17) is 4.74 Å². The number of hydrogen-bond donors (Lipinski definition) is 0. The summed E-state index contributed by atoms with van der Waals surface area (Å²) in [4.78, 5) is 15.7. The number of unbranched alkanes of at least 4 members (excludes halogenated alkanes) is 7. The maximum atomic E-state index is 11.9. The molecule has 0 heterocycles. The molecule has 0 N–H and O–H groups in total. The second kappa shape index (κ2) is 14.3. The van der Waals surface area contributed by atoms with Crippen molar-refractivity contribution in [2.45, 2.75) is 98.0 Å². The number of carbonyl (C=O) groups is 1. The molecular formula is C18H34NO4-. The van der Waals surface area contributed by atoms with Crippen molar-refractivity contribution >= 4 is 12.1 Å². The van der Waals surface area contributed by atoms with Gasteiger partial charge in [-0.25, -0.2) is 4.79 Å². The van der Waals surface area contributed by atoms with E-state index < -0.39 is 6.16 Å². The highest BCUT2D eigenvalue weighted by molar-refractivity contribution is 5.74. The van der Waals surface area contributed by atoms with Gasteiger partial charge in [0.1, 0.15) is 0 Å². The summed E-state index contributed by atoms with van der Waals surface area (Å²) in [7, 11) is 0. The first-order chi connectivity index (χ1) is 11.0. The summed E-state index contributed by atoms with van der Waals surface area (Å²) in [5.74, 6) is -0.530. The molecule has 0 saturated heterocycles. The number of rotatable bonds is 13. The third-order valence-electron chi connectivity index (χ3n) is 3.79. The van der Waals surface area contributed by atoms with E-state index >= 15 is 0 Å². The first-order valence-corrected chi connectivity index (χ1v) is 9.13. The van der Waals surface area contributed by atoms with Crippen LogP contribution in [0.4, 0.5) is 4.79 Å². The minimum atomic E-state index is -0.921. The van der Waals surface area contributed by atoms with Crippen LogP contribution in [0.1, 0.15) is 91.9 Å². The van der Waals surface area contributed by atoms with Crippen molar-refractivity contribution in [3.63, 3.8) is 0 Å². The van der Waals surface area contributed by atoms with Crippen LogP contribution >= 0.6 is 0 Å². The molecule has 1 atom stereocenters. The van der Waals surface area contributed by atoms with E-state index in [9.17, 15) is 9.90 Å². The molecule has 5 heteroatoms. The van der Waals surface area contributed by atoms with Crippen molar-refractivity contribution in [2.24, 2.45) is 11.1 Å². The van der Waals surface area contributed by atoms with Gasteiger partial charge in [-0.05, 0) is 32.6 Å². The van der Waals surface area contributed by atoms with Crippen molar-refractivity contribution in [3.8, 4) is 0 Å². The zero-order valence-electron chi connectivity index (χ0n) is 15.3. The number of hydrogen-bond acceptors (Lipinski definition) is 5. The molecule has 0 fully saturated rings. The highest BCUT2D eigenvalue weighted by Gasteiger charge is 2.09. The Hall–Kier alpha value is -1.26. The highest BCUT2D eigenvalue weighted by atomic mass is 16.8. The predicted octanol–water partition coefficient (Wildman–Crippen LogP) is 4.78. The van der Waals surface area contributed by atoms with Gasteiger partial charge in [-0.3, -0.25) is 4.84 Å². The molecule has 0 aliphatic heterocycles. The summed E-state index contributed by atoms with van der Waals surface area (Å²) in [6.07, 6.45) is 10.2. The minimum absolute atomic E-state index is 0.165. The van der Waals surface area contributed by atoms with Crippen LogP contribution in [0, 0.1) is 5.92 Å². The summed E-state index contributed by atoms with van der Waals surface area (Å²) in [5.41, 5.74) is 0. The smallest absolute Gasteiger partial charge is 0.535 e. The molecular weight excluding hydrogens is 294 g/mol. The van der Waals surface area contributed by atoms with E-state index in [0.29, 0.717) is 6.42 Å². The molecule has 0 aromatic carbocycles. The van der Waals surface area contributed by atoms with Gasteiger partial charge in [0.15, 0.2) is 0 Å². The topological polar surface area (TPSA) is 71.0 Å². The number of carbonyl (C=O) groups excluding carboxylic acids is 1. The summed E-state index contributed by atoms with van der Waals surface area (Å²) >= 11 is 0. The Morgan fingerprint density at radius 2 is 1.57 bits per heavy atom. The third-order valence-corrected chi connectivity index (χ3v) is 3.79. The molecule has 0 amide bonds. The van der Waals surface area contributed by atoms with Crippen LogP contribution in [0.2, 0.25) is 0 Å². The van der Waals surface area contributed by atoms with E-state index in [1.54, 1.807) is 13.8 Å². The first kappa shape index (κ1) is 21.7. The van der Waals surface area contributed by atoms with Crippen molar-refractivity contribution in [2.75, 3.05) is 0 Å². The Kier molecular flexibility index (Phi) is 13.6. The lowest BCUT2D eigenvalue weighted by Gasteiger charge is -2.20. The molecule has 1 unspecified atom stereocenters. The fourth-order valence-corrected chi connectivity index (χ4v) is 2.40. The Morgan fingerprint density at radius 1 is 1.00 bits per heavy atom. The van der Waals surface area contributed by atoms with E-state index in [1.165, 1.54) is 38.5 Å². The predicted molar refractivity (Wildman–Crippen MR) is 91.1 cm³/mol. The molecule has 0 bridgehead atoms. The summed E-state index contributed by atoms with van der Waals surface area (Å²) in [5, 5.41) is 15.3. The molecule has 0 spiro atoms. The molecule has 0 aliphatic carbocycles. The Bertz CT molecular complexity index is 329. The van der Waals surface area contributed by atoms with Crippen LogP contribution < -0.4 is 5.11 Å². The van der Waals surface area contributed by atoms with E-state index in [2.05, 4.69) is 16.9 Å². The normalized spacial score (nSPS) is 13.2. The zero-order valence-corrected chi connectivity index (χ0v) is 15.3. The van der Waals surface area contributed by atoms with Crippen LogP contribution in [0.25, 0.3) is 0 Å². The molecule has 23 heavy (non-hydrogen) atoms. The summed E-state index contributed by atoms with van der Waals surface area (Å²) < 4.78 is 4.76. The van der Waals surface area contributed by atoms with Crippen molar-refractivity contribution in [1.82, 2.24) is 0 Å². The van der Waals surface area contributed by atoms with E-state index in [0.717, 1.165) is 19.3 Å². The van der Waals surface area contributed by atoms with Crippen LogP contribution in [-0.4, -0.2) is 18.2 Å². The molecule has 0 aromatic heterocycles. The molecule has 136 valence electrons. The fraction of sp³-hybridized carbons (Fsp3) is 0.889. The standard InChI is InChI=1S/C18H35NO4/c1-5-7-8-9-10-11-12-13-14-16(6-2)17(20)19-23-18(21)22-15(3)4/h15-16H,5-14H2,1-4H3,(H,19,20)/p-1. The highest BCUT2D eigenvalue weighted by Crippen LogP contribution is 2.16. The van der Waals surface area contributed by atoms with Gasteiger partial charge >= 0.3 is 6.16 Å². The van der Waals surface area contributed by atoms with Crippen LogP contribution in [0.3, 0.4) is 0 Å². The Balaban J connectivity index is 3.88. The quantitative estimate of drug-likeness (QED) is 0.122. The third kappa shape index (κ3) is 12.9. The van der Waals surface area contributed by atoms with Crippen molar-refractivity contribution in [1.29, 1.82) is 0 Å². The minimum Gasteiger partial charge on any atom is -0.859 e. The van der Waals surface area contributed by atoms with Crippen molar-refractivity contribution < 1.29 is 19.5 Å². The monoisotopic (exact) mass is 328 g/mol. The molecule has 0 saturated carbocycles. The van der Waals surface area contributed by atoms with Gasteiger partial charge in [0, 0.05) is 5.90 Å². The van der Waals surface area contributed by atoms with Gasteiger partial charge in [-0.1, -0.05) is 70.4 Å². The molecule has 0 aliphatic rings. The maximum Gasteiger partial charge on any atom is 0.535 e. The van der Waals surface area contributed by atoms with Gasteiger partial charge in [-0.15, -0.1) is 0 Å². The average Bonchev–Trinajstić information content (AvgIpc) is 2.50. The fourth-order valence-electron chi connectivity index (χ4n) is 2.40. The largest absolute Gasteiger partial charge is 0.859 e. The van der Waals surface area contributed by atoms with E-state index in [-0.39, 0.29) is 17.9 Å². The Morgan fingerprint density at radius 3 is 2.09 bits per heavy atom. The zero-order chi connectivity index (χ0) is 17.5. The van der Waals surface area contributed by atoms with Gasteiger partial charge < -0.3 is 9.84 Å². The van der Waals surface area contributed by atoms with Gasteiger partial charge in [0.2, 0.25) is 0 Å². The van der Waals surface area contributed by atoms with Crippen LogP contribution in [0.5, 0.6) is 0 Å². The lowest BCUT2D eigenvalue weighted by atomic mass is 9.97. The van der Waals surface area contributed by atoms with Crippen molar-refractivity contribution in [3.05, 3.63) is 0 Å². The first-order valence-electron chi connectivity index (χ1n) is 9.13. The maximum absolute atomic E-state index is 11.9. The molecule has 5 nitrogen and oxygen atoms in total. The van der Waals surface area contributed by atoms with Gasteiger partial charge in [-0.2, -0.15) is 0 Å². The number of ether oxygens (including phenoxy) is 1. The number of nitrogens with zero attached hydrogens (tertiary/aromatic N) is 1. The van der Waals surface area contributed by atoms with Crippen LogP contribution in [0.15, 0.2) is 5.16 Å². The summed E-state index contributed by atoms with van der Waals surface area (Å²) in [6, 6.07) is 0. The second-order valence-corrected chi connectivity index (χ2v) is 6.31. The van der Waals surface area contributed by atoms with Gasteiger partial charge in [0.05, 0.1) is 6.10 Å². The molecule has 0 aromatic rings. The average molecular weight is 328 g/mol. The second-order valence-electron chi connectivity index (χ2n) is 6.31. The number of oxime groups is 1. The lowest BCUT2D eigenvalue weighted by Crippen LogP contribution is -2.28. The summed E-state index contributed by atoms with van der Waals surface area (Å²) in [6.45, 7) is 7.59. The SMILES string of the molecule is CCCCCCCCCCC(CC)/C([O-])=N/OC(=O)OC(C)C. The van der Waals surface area contributed by atoms with Crippen LogP contribution in [-0.2, 0) is 9.57 Å². The molecule has 0 radical (unpaired) electrons. The van der Waals surface area contributed by atoms with Gasteiger partial charge in [0.25, 0.3) is 0 Å².